The molecule has 63 valence electrons. The third-order valence-corrected chi connectivity index (χ3v) is 1.80. The molecule has 1 rings (SSSR count). The Morgan fingerprint density at radius 3 is 3.25 bits per heavy atom. The third-order valence-electron chi connectivity index (χ3n) is 1.24. The number of ether oxygens (including phenoxy) is 1. The van der Waals surface area contributed by atoms with E-state index in [0.29, 0.717) is 6.61 Å². The van der Waals surface area contributed by atoms with Gasteiger partial charge in [-0.25, -0.2) is 4.98 Å². The van der Waals surface area contributed by atoms with Gasteiger partial charge in [-0.2, -0.15) is 0 Å². The van der Waals surface area contributed by atoms with Crippen LogP contribution in [0.1, 0.15) is 11.8 Å². The molecule has 0 bridgehead atoms. The van der Waals surface area contributed by atoms with Crippen LogP contribution in [-0.2, 0) is 4.74 Å². The van der Waals surface area contributed by atoms with E-state index in [4.69, 9.17) is 10.1 Å². The summed E-state index contributed by atoms with van der Waals surface area (Å²) in [6.45, 7) is 3.95. The highest BCUT2D eigenvalue weighted by atomic mass is 32.1. The second-order valence-electron chi connectivity index (χ2n) is 2.07. The average Bonchev–Trinajstić information content (AvgIpc) is 2.59. The van der Waals surface area contributed by atoms with Crippen molar-refractivity contribution in [1.29, 1.82) is 5.41 Å². The summed E-state index contributed by atoms with van der Waals surface area (Å²) in [6.07, 6.45) is 2.50. The quantitative estimate of drug-likeness (QED) is 0.556. The second kappa shape index (κ2) is 4.79. The van der Waals surface area contributed by atoms with E-state index in [0.717, 1.165) is 5.69 Å². The fourth-order valence-corrected chi connectivity index (χ4v) is 1.23. The molecule has 0 saturated heterocycles. The van der Waals surface area contributed by atoms with Crippen molar-refractivity contribution in [2.24, 2.45) is 0 Å². The zero-order valence-electron chi connectivity index (χ0n) is 6.49. The molecule has 12 heavy (non-hydrogen) atoms. The first-order chi connectivity index (χ1) is 5.88. The first-order valence-electron chi connectivity index (χ1n) is 3.43. The molecule has 0 aliphatic heterocycles. The van der Waals surface area contributed by atoms with Gasteiger partial charge in [-0.3, -0.25) is 0 Å². The minimum absolute atomic E-state index is 0.356. The lowest BCUT2D eigenvalue weighted by molar-refractivity contribution is 0.124. The molecule has 1 radical (unpaired) electrons. The lowest BCUT2D eigenvalue weighted by atomic mass is 10.3. The van der Waals surface area contributed by atoms with E-state index in [-0.39, 0.29) is 6.10 Å². The first-order valence-corrected chi connectivity index (χ1v) is 4.31. The largest absolute Gasteiger partial charge is 0.362 e. The van der Waals surface area contributed by atoms with E-state index in [1.165, 1.54) is 17.6 Å². The predicted molar refractivity (Wildman–Crippen MR) is 48.6 cm³/mol. The number of rotatable bonds is 5. The Hall–Kier alpha value is -1.00. The van der Waals surface area contributed by atoms with Crippen LogP contribution in [0, 0.1) is 10.9 Å². The van der Waals surface area contributed by atoms with Crippen molar-refractivity contribution in [1.82, 2.24) is 4.98 Å². The van der Waals surface area contributed by atoms with Crippen LogP contribution < -0.4 is 0 Å². The minimum atomic E-state index is -0.356. The normalized spacial score (nSPS) is 12.3. The Morgan fingerprint density at radius 1 is 1.92 bits per heavy atom. The van der Waals surface area contributed by atoms with Crippen LogP contribution in [0.3, 0.4) is 0 Å². The smallest absolute Gasteiger partial charge is 0.152 e. The molecule has 1 unspecified atom stereocenters. The molecule has 1 heterocycles. The van der Waals surface area contributed by atoms with E-state index in [1.54, 1.807) is 6.08 Å². The van der Waals surface area contributed by atoms with E-state index in [9.17, 15) is 0 Å². The Kier molecular flexibility index (Phi) is 3.63. The standard InChI is InChI=1S/C8H9N2OS/c1-2-3-11-8(4-9)7-5-12-6-10-7/h2,4-5,8-9H,1,3H2. The van der Waals surface area contributed by atoms with Crippen molar-refractivity contribution in [3.8, 4) is 0 Å². The number of nitrogens with one attached hydrogen (secondary N) is 1. The molecule has 0 amide bonds. The van der Waals surface area contributed by atoms with Crippen LogP contribution in [-0.4, -0.2) is 17.8 Å². The summed E-state index contributed by atoms with van der Waals surface area (Å²) in [5, 5.41) is 8.90. The molecule has 0 aliphatic rings. The lowest BCUT2D eigenvalue weighted by Crippen LogP contribution is -2.05. The summed E-state index contributed by atoms with van der Waals surface area (Å²) in [6, 6.07) is 0. The summed E-state index contributed by atoms with van der Waals surface area (Å²) >= 11 is 1.37. The predicted octanol–water partition coefficient (Wildman–Crippen LogP) is 1.84. The fourth-order valence-electron chi connectivity index (χ4n) is 0.713. The Balaban J connectivity index is 2.56. The molecule has 1 N–H and O–H groups in total. The zero-order chi connectivity index (χ0) is 8.81. The number of hydrogen-bond acceptors (Lipinski definition) is 4. The molecule has 4 heteroatoms. The van der Waals surface area contributed by atoms with Gasteiger partial charge in [0.1, 0.15) is 6.10 Å². The maximum absolute atomic E-state index is 7.08. The van der Waals surface area contributed by atoms with Gasteiger partial charge in [0, 0.05) is 11.6 Å². The highest BCUT2D eigenvalue weighted by Gasteiger charge is 2.09. The maximum atomic E-state index is 7.08. The Labute approximate surface area is 75.2 Å². The molecule has 3 nitrogen and oxygen atoms in total. The average molecular weight is 181 g/mol. The van der Waals surface area contributed by atoms with Gasteiger partial charge in [0.25, 0.3) is 0 Å². The first kappa shape index (κ1) is 9.09. The van der Waals surface area contributed by atoms with Gasteiger partial charge in [-0.1, -0.05) is 6.08 Å². The van der Waals surface area contributed by atoms with Gasteiger partial charge < -0.3 is 10.1 Å². The van der Waals surface area contributed by atoms with Gasteiger partial charge >= 0.3 is 0 Å². The number of thiazole rings is 1. The second-order valence-corrected chi connectivity index (χ2v) is 2.73. The zero-order valence-corrected chi connectivity index (χ0v) is 7.30. The maximum Gasteiger partial charge on any atom is 0.152 e. The van der Waals surface area contributed by atoms with Gasteiger partial charge in [0.15, 0.2) is 5.51 Å². The molecule has 0 fully saturated rings. The molecular weight excluding hydrogens is 172 g/mol. The van der Waals surface area contributed by atoms with Crippen molar-refractivity contribution >= 4 is 17.6 Å². The van der Waals surface area contributed by atoms with Crippen molar-refractivity contribution in [3.05, 3.63) is 29.2 Å². The van der Waals surface area contributed by atoms with E-state index < -0.39 is 0 Å². The topological polar surface area (TPSA) is 46.0 Å². The van der Waals surface area contributed by atoms with E-state index in [1.807, 2.05) is 5.38 Å². The number of nitrogens with zero attached hydrogens (tertiary/aromatic N) is 1. The summed E-state index contributed by atoms with van der Waals surface area (Å²) in [4.78, 5) is 3.92. The monoisotopic (exact) mass is 181 g/mol. The molecule has 1 aromatic heterocycles. The fraction of sp³-hybridized carbons (Fsp3) is 0.250. The van der Waals surface area contributed by atoms with Crippen LogP contribution in [0.2, 0.25) is 0 Å². The highest BCUT2D eigenvalue weighted by molar-refractivity contribution is 7.07. The number of aromatic nitrogens is 1. The molecule has 0 spiro atoms. The summed E-state index contributed by atoms with van der Waals surface area (Å²) in [7, 11) is 0. The van der Waals surface area contributed by atoms with Crippen LogP contribution in [0.4, 0.5) is 0 Å². The van der Waals surface area contributed by atoms with Crippen LogP contribution in [0.25, 0.3) is 0 Å². The highest BCUT2D eigenvalue weighted by Crippen LogP contribution is 2.14. The Bertz CT molecular complexity index is 246. The van der Waals surface area contributed by atoms with Crippen molar-refractivity contribution in [2.45, 2.75) is 6.10 Å². The SMILES string of the molecule is C=CCOC(C=N)c1cs[c]n1. The molecular formula is C8H9N2OS. The third kappa shape index (κ3) is 2.25. The van der Waals surface area contributed by atoms with Crippen molar-refractivity contribution < 1.29 is 4.74 Å². The van der Waals surface area contributed by atoms with Crippen LogP contribution >= 0.6 is 11.3 Å². The summed E-state index contributed by atoms with van der Waals surface area (Å²) in [5.41, 5.74) is 3.44. The van der Waals surface area contributed by atoms with E-state index >= 15 is 0 Å². The Morgan fingerprint density at radius 2 is 2.75 bits per heavy atom. The minimum Gasteiger partial charge on any atom is -0.362 e. The lowest BCUT2D eigenvalue weighted by Gasteiger charge is -2.07. The molecule has 0 aliphatic carbocycles. The van der Waals surface area contributed by atoms with Crippen molar-refractivity contribution in [3.63, 3.8) is 0 Å². The molecule has 1 aromatic rings. The molecule has 0 aromatic carbocycles. The van der Waals surface area contributed by atoms with Gasteiger partial charge in [-0.05, 0) is 0 Å². The number of hydrogen-bond donors (Lipinski definition) is 1. The molecule has 0 saturated carbocycles. The van der Waals surface area contributed by atoms with Crippen molar-refractivity contribution in [2.75, 3.05) is 6.61 Å². The van der Waals surface area contributed by atoms with Gasteiger partial charge in [0.05, 0.1) is 12.3 Å². The summed E-state index contributed by atoms with van der Waals surface area (Å²) in [5.74, 6) is 0. The van der Waals surface area contributed by atoms with E-state index in [2.05, 4.69) is 17.1 Å². The van der Waals surface area contributed by atoms with Gasteiger partial charge in [-0.15, -0.1) is 17.9 Å². The van der Waals surface area contributed by atoms with Gasteiger partial charge in [0.2, 0.25) is 0 Å². The van der Waals surface area contributed by atoms with Crippen LogP contribution in [0.5, 0.6) is 0 Å². The molecule has 1 atom stereocenters. The van der Waals surface area contributed by atoms with Crippen LogP contribution in [0.15, 0.2) is 18.0 Å². The summed E-state index contributed by atoms with van der Waals surface area (Å²) < 4.78 is 5.25.